The molecule has 1 heterocycles. The van der Waals surface area contributed by atoms with Crippen LogP contribution in [0.5, 0.6) is 0 Å². The second-order valence-corrected chi connectivity index (χ2v) is 4.21. The van der Waals surface area contributed by atoms with Gasteiger partial charge in [0.25, 0.3) is 0 Å². The van der Waals surface area contributed by atoms with Crippen molar-refractivity contribution in [1.82, 2.24) is 10.6 Å². The maximum atomic E-state index is 12.5. The summed E-state index contributed by atoms with van der Waals surface area (Å²) >= 11 is 0. The summed E-state index contributed by atoms with van der Waals surface area (Å²) in [7, 11) is 0. The summed E-state index contributed by atoms with van der Waals surface area (Å²) in [6.45, 7) is 0.131. The first-order valence-electron chi connectivity index (χ1n) is 5.06. The quantitative estimate of drug-likeness (QED) is 0.636. The Balaban J connectivity index is 1.98. The van der Waals surface area contributed by atoms with E-state index in [0.717, 1.165) is 0 Å². The van der Waals surface area contributed by atoms with Gasteiger partial charge in [0.1, 0.15) is 0 Å². The molecule has 1 aliphatic carbocycles. The van der Waals surface area contributed by atoms with E-state index in [9.17, 15) is 18.0 Å². The number of carbonyl (C=O) groups excluding carboxylic acids is 1. The molecule has 15 heavy (non-hydrogen) atoms. The van der Waals surface area contributed by atoms with Gasteiger partial charge in [0.05, 0.1) is 12.5 Å². The SMILES string of the molecule is O=C1CNC2CC(C(F)(F)F)CCC2N1. The second kappa shape index (κ2) is 3.66. The summed E-state index contributed by atoms with van der Waals surface area (Å²) in [6, 6.07) is -0.340. The molecule has 3 atom stereocenters. The molecule has 1 saturated carbocycles. The van der Waals surface area contributed by atoms with Crippen molar-refractivity contribution >= 4 is 5.91 Å². The van der Waals surface area contributed by atoms with Crippen molar-refractivity contribution < 1.29 is 18.0 Å². The average Bonchev–Trinajstić information content (AvgIpc) is 2.15. The number of piperazine rings is 1. The maximum absolute atomic E-state index is 12.5. The van der Waals surface area contributed by atoms with E-state index in [0.29, 0.717) is 6.42 Å². The van der Waals surface area contributed by atoms with Crippen molar-refractivity contribution in [1.29, 1.82) is 0 Å². The highest BCUT2D eigenvalue weighted by atomic mass is 19.4. The molecule has 2 rings (SSSR count). The minimum absolute atomic E-state index is 0.0778. The predicted molar refractivity (Wildman–Crippen MR) is 47.1 cm³/mol. The van der Waals surface area contributed by atoms with Gasteiger partial charge in [0.15, 0.2) is 0 Å². The molecule has 0 aromatic rings. The molecule has 1 amide bonds. The monoisotopic (exact) mass is 222 g/mol. The summed E-state index contributed by atoms with van der Waals surface area (Å²) in [5, 5.41) is 5.58. The lowest BCUT2D eigenvalue weighted by atomic mass is 9.81. The highest BCUT2D eigenvalue weighted by molar-refractivity contribution is 5.79. The van der Waals surface area contributed by atoms with E-state index in [4.69, 9.17) is 0 Å². The lowest BCUT2D eigenvalue weighted by molar-refractivity contribution is -0.185. The highest BCUT2D eigenvalue weighted by Crippen LogP contribution is 2.38. The van der Waals surface area contributed by atoms with Gasteiger partial charge in [-0.1, -0.05) is 0 Å². The minimum atomic E-state index is -4.10. The van der Waals surface area contributed by atoms with Gasteiger partial charge in [-0.2, -0.15) is 13.2 Å². The fraction of sp³-hybridized carbons (Fsp3) is 0.889. The van der Waals surface area contributed by atoms with E-state index in [2.05, 4.69) is 10.6 Å². The van der Waals surface area contributed by atoms with E-state index in [1.807, 2.05) is 0 Å². The van der Waals surface area contributed by atoms with Crippen LogP contribution in [0.1, 0.15) is 19.3 Å². The predicted octanol–water partition coefficient (Wildman–Crippen LogP) is 0.805. The lowest BCUT2D eigenvalue weighted by Gasteiger charge is -2.40. The van der Waals surface area contributed by atoms with Crippen LogP contribution in [-0.4, -0.2) is 30.7 Å². The van der Waals surface area contributed by atoms with E-state index in [-0.39, 0.29) is 37.4 Å². The Morgan fingerprint density at radius 2 is 1.93 bits per heavy atom. The summed E-state index contributed by atoms with van der Waals surface area (Å²) in [5.41, 5.74) is 0. The molecule has 3 unspecified atom stereocenters. The topological polar surface area (TPSA) is 41.1 Å². The first-order chi connectivity index (χ1) is 6.97. The Hall–Kier alpha value is -0.780. The zero-order valence-corrected chi connectivity index (χ0v) is 8.10. The summed E-state index contributed by atoms with van der Waals surface area (Å²) in [4.78, 5) is 11.0. The van der Waals surface area contributed by atoms with Crippen LogP contribution in [0.15, 0.2) is 0 Å². The number of carbonyl (C=O) groups is 1. The maximum Gasteiger partial charge on any atom is 0.391 e. The molecule has 2 aliphatic rings. The minimum Gasteiger partial charge on any atom is -0.351 e. The third kappa shape index (κ3) is 2.25. The smallest absolute Gasteiger partial charge is 0.351 e. The molecular weight excluding hydrogens is 209 g/mol. The second-order valence-electron chi connectivity index (χ2n) is 4.21. The third-order valence-electron chi connectivity index (χ3n) is 3.18. The van der Waals surface area contributed by atoms with Crippen LogP contribution >= 0.6 is 0 Å². The Kier molecular flexibility index (Phi) is 2.62. The molecular formula is C9H13F3N2O. The summed E-state index contributed by atoms with van der Waals surface area (Å²) in [6.07, 6.45) is -3.50. The van der Waals surface area contributed by atoms with Gasteiger partial charge in [-0.05, 0) is 19.3 Å². The number of hydrogen-bond donors (Lipinski definition) is 2. The number of amides is 1. The van der Waals surface area contributed by atoms with Crippen LogP contribution in [-0.2, 0) is 4.79 Å². The lowest BCUT2D eigenvalue weighted by Crippen LogP contribution is -2.61. The van der Waals surface area contributed by atoms with Crippen LogP contribution in [0, 0.1) is 5.92 Å². The molecule has 3 nitrogen and oxygen atoms in total. The molecule has 0 spiro atoms. The van der Waals surface area contributed by atoms with Gasteiger partial charge < -0.3 is 10.6 Å². The van der Waals surface area contributed by atoms with Crippen molar-refractivity contribution in [2.24, 2.45) is 5.92 Å². The number of halogens is 3. The zero-order valence-electron chi connectivity index (χ0n) is 8.10. The average molecular weight is 222 g/mol. The molecule has 0 radical (unpaired) electrons. The first-order valence-corrected chi connectivity index (χ1v) is 5.06. The largest absolute Gasteiger partial charge is 0.391 e. The molecule has 1 aliphatic heterocycles. The van der Waals surface area contributed by atoms with Gasteiger partial charge in [-0.3, -0.25) is 4.79 Å². The summed E-state index contributed by atoms with van der Waals surface area (Å²) in [5.74, 6) is -1.34. The fourth-order valence-electron chi connectivity index (χ4n) is 2.35. The van der Waals surface area contributed by atoms with Crippen LogP contribution in [0.4, 0.5) is 13.2 Å². The molecule has 1 saturated heterocycles. The number of rotatable bonds is 0. The number of nitrogens with one attached hydrogen (secondary N) is 2. The Morgan fingerprint density at radius 1 is 1.20 bits per heavy atom. The number of hydrogen-bond acceptors (Lipinski definition) is 2. The summed E-state index contributed by atoms with van der Waals surface area (Å²) < 4.78 is 37.4. The van der Waals surface area contributed by atoms with Gasteiger partial charge in [-0.15, -0.1) is 0 Å². The van der Waals surface area contributed by atoms with Crippen LogP contribution in [0.25, 0.3) is 0 Å². The van der Waals surface area contributed by atoms with Crippen LogP contribution < -0.4 is 10.6 Å². The van der Waals surface area contributed by atoms with Gasteiger partial charge in [0.2, 0.25) is 5.91 Å². The van der Waals surface area contributed by atoms with E-state index in [1.165, 1.54) is 0 Å². The van der Waals surface area contributed by atoms with Crippen molar-refractivity contribution in [3.8, 4) is 0 Å². The molecule has 6 heteroatoms. The molecule has 0 aromatic carbocycles. The Bertz CT molecular complexity index is 267. The normalized spacial score (nSPS) is 37.0. The molecule has 2 N–H and O–H groups in total. The van der Waals surface area contributed by atoms with Crippen molar-refractivity contribution in [3.63, 3.8) is 0 Å². The molecule has 0 bridgehead atoms. The third-order valence-corrected chi connectivity index (χ3v) is 3.18. The highest BCUT2D eigenvalue weighted by Gasteiger charge is 2.45. The molecule has 0 aromatic heterocycles. The Labute approximate surface area is 85.4 Å². The van der Waals surface area contributed by atoms with E-state index >= 15 is 0 Å². The molecule has 2 fully saturated rings. The van der Waals surface area contributed by atoms with Crippen molar-refractivity contribution in [2.45, 2.75) is 37.5 Å². The van der Waals surface area contributed by atoms with Gasteiger partial charge >= 0.3 is 6.18 Å². The van der Waals surface area contributed by atoms with Crippen molar-refractivity contribution in [3.05, 3.63) is 0 Å². The van der Waals surface area contributed by atoms with Crippen LogP contribution in [0.3, 0.4) is 0 Å². The Morgan fingerprint density at radius 3 is 2.60 bits per heavy atom. The van der Waals surface area contributed by atoms with E-state index < -0.39 is 12.1 Å². The number of alkyl halides is 3. The zero-order chi connectivity index (χ0) is 11.1. The van der Waals surface area contributed by atoms with Crippen molar-refractivity contribution in [2.75, 3.05) is 6.54 Å². The number of fused-ring (bicyclic) bond motifs is 1. The first kappa shape index (κ1) is 10.7. The fourth-order valence-corrected chi connectivity index (χ4v) is 2.35. The van der Waals surface area contributed by atoms with E-state index in [1.54, 1.807) is 0 Å². The van der Waals surface area contributed by atoms with Gasteiger partial charge in [0, 0.05) is 12.1 Å². The van der Waals surface area contributed by atoms with Gasteiger partial charge in [-0.25, -0.2) is 0 Å². The standard InChI is InChI=1S/C9H13F3N2O/c10-9(11,12)5-1-2-6-7(3-5)13-4-8(15)14-6/h5-7,13H,1-4H2,(H,14,15). The molecule has 86 valence electrons. The van der Waals surface area contributed by atoms with Crippen LogP contribution in [0.2, 0.25) is 0 Å².